The van der Waals surface area contributed by atoms with E-state index >= 15 is 0 Å². The van der Waals surface area contributed by atoms with Crippen LogP contribution in [0.1, 0.15) is 30.0 Å². The Morgan fingerprint density at radius 1 is 1.06 bits per heavy atom. The van der Waals surface area contributed by atoms with Crippen LogP contribution in [0, 0.1) is 0 Å². The van der Waals surface area contributed by atoms with E-state index in [1.54, 1.807) is 9.80 Å². The molecule has 2 aromatic rings. The zero-order chi connectivity index (χ0) is 23.8. The molecule has 0 spiro atoms. The highest BCUT2D eigenvalue weighted by Crippen LogP contribution is 2.16. The molecule has 6 N–H and O–H groups in total. The fourth-order valence-corrected chi connectivity index (χ4v) is 4.09. The summed E-state index contributed by atoms with van der Waals surface area (Å²) in [6.45, 7) is 3.42. The molecule has 1 saturated heterocycles. The summed E-state index contributed by atoms with van der Waals surface area (Å²) in [6.07, 6.45) is 0.205. The Labute approximate surface area is 195 Å². The van der Waals surface area contributed by atoms with Crippen molar-refractivity contribution in [3.8, 4) is 0 Å². The first-order valence-electron chi connectivity index (χ1n) is 11.4. The first-order valence-corrected chi connectivity index (χ1v) is 11.4. The van der Waals surface area contributed by atoms with Crippen LogP contribution < -0.4 is 16.8 Å². The zero-order valence-corrected chi connectivity index (χ0v) is 19.2. The predicted octanol–water partition coefficient (Wildman–Crippen LogP) is 0.573. The van der Waals surface area contributed by atoms with Gasteiger partial charge in [0.05, 0.1) is 12.1 Å². The molecule has 2 aromatic carbocycles. The molecule has 1 aliphatic heterocycles. The van der Waals surface area contributed by atoms with Gasteiger partial charge in [0.2, 0.25) is 11.8 Å². The molecule has 0 aromatic heterocycles. The number of nitrogens with zero attached hydrogens (tertiary/aromatic N) is 2. The van der Waals surface area contributed by atoms with E-state index in [0.29, 0.717) is 39.0 Å². The molecule has 2 amide bonds. The molecule has 3 atom stereocenters. The summed E-state index contributed by atoms with van der Waals surface area (Å²) in [5.74, 6) is -0.280. The highest BCUT2D eigenvalue weighted by Gasteiger charge is 2.37. The highest BCUT2D eigenvalue weighted by molar-refractivity contribution is 5.82. The lowest BCUT2D eigenvalue weighted by Crippen LogP contribution is -2.64. The molecular formula is C25H35N5O3. The highest BCUT2D eigenvalue weighted by atomic mass is 16.3. The number of hydrogen-bond acceptors (Lipinski definition) is 6. The predicted molar refractivity (Wildman–Crippen MR) is 128 cm³/mol. The summed E-state index contributed by atoms with van der Waals surface area (Å²) in [7, 11) is 0. The largest absolute Gasteiger partial charge is 0.376 e. The normalized spacial score (nSPS) is 18.1. The van der Waals surface area contributed by atoms with Crippen LogP contribution in [0.2, 0.25) is 0 Å². The molecule has 0 radical (unpaired) electrons. The van der Waals surface area contributed by atoms with Crippen molar-refractivity contribution >= 4 is 11.8 Å². The van der Waals surface area contributed by atoms with Crippen LogP contribution >= 0.6 is 0 Å². The van der Waals surface area contributed by atoms with E-state index in [1.165, 1.54) is 6.92 Å². The van der Waals surface area contributed by atoms with Gasteiger partial charge in [-0.25, -0.2) is 0 Å². The van der Waals surface area contributed by atoms with E-state index in [1.807, 2.05) is 54.6 Å². The van der Waals surface area contributed by atoms with Crippen molar-refractivity contribution in [1.82, 2.24) is 15.1 Å². The van der Waals surface area contributed by atoms with Crippen molar-refractivity contribution in [3.05, 3.63) is 71.3 Å². The number of carbonyl (C=O) groups excluding carboxylic acids is 2. The molecule has 8 heteroatoms. The number of hydrogen-bond donors (Lipinski definition) is 4. The number of aryl methyl sites for hydroxylation is 1. The Balaban J connectivity index is 1.64. The number of aliphatic hydroxyl groups excluding tert-OH is 1. The van der Waals surface area contributed by atoms with Gasteiger partial charge in [-0.05, 0) is 29.5 Å². The van der Waals surface area contributed by atoms with Crippen LogP contribution in [0.3, 0.4) is 0 Å². The van der Waals surface area contributed by atoms with Gasteiger partial charge in [-0.15, -0.1) is 0 Å². The molecule has 0 saturated carbocycles. The van der Waals surface area contributed by atoms with Gasteiger partial charge in [-0.1, -0.05) is 54.6 Å². The second-order valence-corrected chi connectivity index (χ2v) is 8.54. The number of benzene rings is 2. The van der Waals surface area contributed by atoms with Crippen molar-refractivity contribution in [2.24, 2.45) is 11.5 Å². The topological polar surface area (TPSA) is 125 Å². The summed E-state index contributed by atoms with van der Waals surface area (Å²) in [4.78, 5) is 28.5. The fourth-order valence-electron chi connectivity index (χ4n) is 4.09. The Bertz CT molecular complexity index is 906. The van der Waals surface area contributed by atoms with Crippen LogP contribution in [0.4, 0.5) is 0 Å². The van der Waals surface area contributed by atoms with Gasteiger partial charge in [0.25, 0.3) is 0 Å². The number of carbonyl (C=O) groups is 2. The number of nitrogens with one attached hydrogen (secondary N) is 1. The second-order valence-electron chi connectivity index (χ2n) is 8.54. The third-order valence-corrected chi connectivity index (χ3v) is 6.19. The average molecular weight is 454 g/mol. The summed E-state index contributed by atoms with van der Waals surface area (Å²) in [6, 6.07) is 16.4. The monoisotopic (exact) mass is 453 g/mol. The van der Waals surface area contributed by atoms with Crippen molar-refractivity contribution in [3.63, 3.8) is 0 Å². The van der Waals surface area contributed by atoms with Crippen LogP contribution in [-0.4, -0.2) is 64.7 Å². The van der Waals surface area contributed by atoms with E-state index in [9.17, 15) is 14.7 Å². The molecule has 0 aliphatic carbocycles. The molecular weight excluding hydrogens is 418 g/mol. The fraction of sp³-hybridized carbons (Fsp3) is 0.440. The minimum Gasteiger partial charge on any atom is -0.376 e. The SMILES string of the molecule is CC(=O)N1CCN(C(=O)C(N)CCc2ccccc2)C(C(O)NCc2ccc(CN)cc2)C1. The summed E-state index contributed by atoms with van der Waals surface area (Å²) >= 11 is 0. The van der Waals surface area contributed by atoms with E-state index in [4.69, 9.17) is 11.5 Å². The maximum absolute atomic E-state index is 13.2. The summed E-state index contributed by atoms with van der Waals surface area (Å²) in [5, 5.41) is 14.0. The minimum absolute atomic E-state index is 0.0787. The first-order chi connectivity index (χ1) is 15.9. The van der Waals surface area contributed by atoms with Crippen molar-refractivity contribution in [1.29, 1.82) is 0 Å². The number of piperazine rings is 1. The van der Waals surface area contributed by atoms with Crippen LogP contribution in [0.25, 0.3) is 0 Å². The molecule has 8 nitrogen and oxygen atoms in total. The van der Waals surface area contributed by atoms with Crippen molar-refractivity contribution in [2.45, 2.75) is 51.2 Å². The lowest BCUT2D eigenvalue weighted by Gasteiger charge is -2.44. The summed E-state index contributed by atoms with van der Waals surface area (Å²) in [5.41, 5.74) is 15.1. The lowest BCUT2D eigenvalue weighted by molar-refractivity contribution is -0.147. The Kier molecular flexibility index (Phi) is 8.96. The van der Waals surface area contributed by atoms with Crippen LogP contribution in [0.5, 0.6) is 0 Å². The van der Waals surface area contributed by atoms with E-state index in [0.717, 1.165) is 16.7 Å². The molecule has 1 fully saturated rings. The second kappa shape index (κ2) is 11.9. The third kappa shape index (κ3) is 6.85. The molecule has 1 heterocycles. The van der Waals surface area contributed by atoms with E-state index in [-0.39, 0.29) is 18.4 Å². The van der Waals surface area contributed by atoms with Gasteiger partial charge >= 0.3 is 0 Å². The number of nitrogens with two attached hydrogens (primary N) is 2. The van der Waals surface area contributed by atoms with Crippen molar-refractivity contribution in [2.75, 3.05) is 19.6 Å². The molecule has 1 aliphatic rings. The lowest BCUT2D eigenvalue weighted by atomic mass is 10.0. The van der Waals surface area contributed by atoms with E-state index < -0.39 is 18.3 Å². The Hall–Kier alpha value is -2.78. The number of amides is 2. The van der Waals surface area contributed by atoms with Crippen molar-refractivity contribution < 1.29 is 14.7 Å². The molecule has 178 valence electrons. The van der Waals surface area contributed by atoms with Gasteiger partial charge < -0.3 is 26.4 Å². The first kappa shape index (κ1) is 24.9. The molecule has 3 rings (SSSR count). The summed E-state index contributed by atoms with van der Waals surface area (Å²) < 4.78 is 0. The Morgan fingerprint density at radius 3 is 2.36 bits per heavy atom. The molecule has 0 bridgehead atoms. The Morgan fingerprint density at radius 2 is 1.73 bits per heavy atom. The average Bonchev–Trinajstić information content (AvgIpc) is 2.85. The minimum atomic E-state index is -1.01. The smallest absolute Gasteiger partial charge is 0.240 e. The van der Waals surface area contributed by atoms with Gasteiger partial charge in [0, 0.05) is 39.6 Å². The zero-order valence-electron chi connectivity index (χ0n) is 19.2. The van der Waals surface area contributed by atoms with Crippen LogP contribution in [-0.2, 0) is 29.1 Å². The maximum Gasteiger partial charge on any atom is 0.240 e. The van der Waals surface area contributed by atoms with Gasteiger partial charge in [0.15, 0.2) is 0 Å². The van der Waals surface area contributed by atoms with E-state index in [2.05, 4.69) is 5.32 Å². The number of aliphatic hydroxyl groups is 1. The van der Waals surface area contributed by atoms with Gasteiger partial charge in [-0.2, -0.15) is 0 Å². The molecule has 33 heavy (non-hydrogen) atoms. The van der Waals surface area contributed by atoms with Crippen LogP contribution in [0.15, 0.2) is 54.6 Å². The number of rotatable bonds is 9. The standard InChI is InChI=1S/C25H35N5O3/c1-18(31)29-13-14-30(25(33)22(27)12-11-19-5-3-2-4-6-19)23(17-29)24(32)28-16-21-9-7-20(15-26)8-10-21/h2-10,22-24,28,32H,11-17,26-27H2,1H3. The third-order valence-electron chi connectivity index (χ3n) is 6.19. The quantitative estimate of drug-likeness (QED) is 0.412. The van der Waals surface area contributed by atoms with Gasteiger partial charge in [0.1, 0.15) is 6.23 Å². The van der Waals surface area contributed by atoms with Gasteiger partial charge in [-0.3, -0.25) is 14.9 Å². The maximum atomic E-state index is 13.2. The molecule has 3 unspecified atom stereocenters.